The first kappa shape index (κ1) is 21.7. The van der Waals surface area contributed by atoms with Gasteiger partial charge in [0.2, 0.25) is 5.91 Å². The van der Waals surface area contributed by atoms with E-state index in [1.807, 2.05) is 0 Å². The van der Waals surface area contributed by atoms with Crippen LogP contribution in [0.25, 0.3) is 0 Å². The van der Waals surface area contributed by atoms with Gasteiger partial charge in [0.25, 0.3) is 5.91 Å². The van der Waals surface area contributed by atoms with Crippen molar-refractivity contribution in [3.8, 4) is 5.75 Å². The number of carbonyl (C=O) groups excluding carboxylic acids is 2. The lowest BCUT2D eigenvalue weighted by Gasteiger charge is -2.08. The molecule has 0 bridgehead atoms. The molecule has 5 nitrogen and oxygen atoms in total. The van der Waals surface area contributed by atoms with Crippen LogP contribution in [0.2, 0.25) is 5.02 Å². The molecule has 0 aromatic heterocycles. The molecule has 0 unspecified atom stereocenters. The highest BCUT2D eigenvalue weighted by atomic mass is 35.5. The smallest absolute Gasteiger partial charge is 0.251 e. The highest BCUT2D eigenvalue weighted by Gasteiger charge is 2.05. The van der Waals surface area contributed by atoms with Crippen molar-refractivity contribution < 1.29 is 18.7 Å². The summed E-state index contributed by atoms with van der Waals surface area (Å²) in [4.78, 5) is 23.7. The van der Waals surface area contributed by atoms with E-state index in [1.165, 1.54) is 12.1 Å². The topological polar surface area (TPSA) is 67.4 Å². The SMILES string of the molecule is O=C(CCCNC(=O)c1ccc(Cl)cc1)NCCCCOc1ccc(F)cc1. The number of halogens is 2. The van der Waals surface area contributed by atoms with Crippen LogP contribution >= 0.6 is 11.6 Å². The number of amides is 2. The zero-order chi connectivity index (χ0) is 20.2. The first-order chi connectivity index (χ1) is 13.5. The van der Waals surface area contributed by atoms with E-state index in [-0.39, 0.29) is 17.6 Å². The summed E-state index contributed by atoms with van der Waals surface area (Å²) < 4.78 is 18.3. The number of carbonyl (C=O) groups is 2. The van der Waals surface area contributed by atoms with Crippen LogP contribution < -0.4 is 15.4 Å². The van der Waals surface area contributed by atoms with Crippen molar-refractivity contribution in [2.75, 3.05) is 19.7 Å². The Hall–Kier alpha value is -2.60. The molecule has 0 atom stereocenters. The van der Waals surface area contributed by atoms with Crippen LogP contribution in [-0.2, 0) is 4.79 Å². The lowest BCUT2D eigenvalue weighted by atomic mass is 10.2. The van der Waals surface area contributed by atoms with Gasteiger partial charge in [-0.05, 0) is 67.8 Å². The molecule has 0 aliphatic heterocycles. The molecule has 2 amide bonds. The van der Waals surface area contributed by atoms with Crippen LogP contribution in [0, 0.1) is 5.82 Å². The normalized spacial score (nSPS) is 10.4. The van der Waals surface area contributed by atoms with E-state index < -0.39 is 0 Å². The van der Waals surface area contributed by atoms with Crippen LogP contribution in [0.15, 0.2) is 48.5 Å². The van der Waals surface area contributed by atoms with Crippen LogP contribution in [0.3, 0.4) is 0 Å². The van der Waals surface area contributed by atoms with Crippen molar-refractivity contribution in [2.24, 2.45) is 0 Å². The Labute approximate surface area is 169 Å². The van der Waals surface area contributed by atoms with Gasteiger partial charge < -0.3 is 15.4 Å². The average molecular weight is 407 g/mol. The van der Waals surface area contributed by atoms with Gasteiger partial charge in [-0.15, -0.1) is 0 Å². The molecule has 0 fully saturated rings. The van der Waals surface area contributed by atoms with E-state index in [0.29, 0.717) is 48.9 Å². The molecule has 0 aliphatic carbocycles. The van der Waals surface area contributed by atoms with Gasteiger partial charge in [0.05, 0.1) is 6.61 Å². The average Bonchev–Trinajstić information content (AvgIpc) is 2.69. The summed E-state index contributed by atoms with van der Waals surface area (Å²) in [5, 5.41) is 6.20. The zero-order valence-corrected chi connectivity index (χ0v) is 16.3. The number of benzene rings is 2. The lowest BCUT2D eigenvalue weighted by molar-refractivity contribution is -0.121. The number of unbranched alkanes of at least 4 members (excludes halogenated alkanes) is 1. The molecule has 0 saturated carbocycles. The predicted octanol–water partition coefficient (Wildman–Crippen LogP) is 3.96. The molecule has 0 heterocycles. The number of rotatable bonds is 11. The van der Waals surface area contributed by atoms with E-state index in [4.69, 9.17) is 16.3 Å². The Morgan fingerprint density at radius 1 is 0.893 bits per heavy atom. The van der Waals surface area contributed by atoms with Crippen LogP contribution in [0.4, 0.5) is 4.39 Å². The fourth-order valence-corrected chi connectivity index (χ4v) is 2.54. The van der Waals surface area contributed by atoms with Gasteiger partial charge >= 0.3 is 0 Å². The Balaban J connectivity index is 1.47. The molecule has 0 aliphatic rings. The second kappa shape index (κ2) is 12.0. The van der Waals surface area contributed by atoms with Crippen LogP contribution in [-0.4, -0.2) is 31.5 Å². The number of hydrogen-bond acceptors (Lipinski definition) is 3. The summed E-state index contributed by atoms with van der Waals surface area (Å²) in [7, 11) is 0. The lowest BCUT2D eigenvalue weighted by Crippen LogP contribution is -2.28. The van der Waals surface area contributed by atoms with Gasteiger partial charge in [0.1, 0.15) is 11.6 Å². The number of hydrogen-bond donors (Lipinski definition) is 2. The maximum absolute atomic E-state index is 12.8. The molecule has 0 radical (unpaired) electrons. The standard InChI is InChI=1S/C21H24ClFN2O3/c22-17-7-5-16(6-8-17)21(27)25-14-3-4-20(26)24-13-1-2-15-28-19-11-9-18(23)10-12-19/h5-12H,1-4,13-15H2,(H,24,26)(H,25,27). The van der Waals surface area contributed by atoms with Gasteiger partial charge in [-0.2, -0.15) is 0 Å². The second-order valence-electron chi connectivity index (χ2n) is 6.23. The van der Waals surface area contributed by atoms with E-state index >= 15 is 0 Å². The Morgan fingerprint density at radius 2 is 1.57 bits per heavy atom. The summed E-state index contributed by atoms with van der Waals surface area (Å²) in [5.41, 5.74) is 0.539. The van der Waals surface area contributed by atoms with Crippen molar-refractivity contribution in [3.05, 3.63) is 64.9 Å². The summed E-state index contributed by atoms with van der Waals surface area (Å²) in [6.07, 6.45) is 2.50. The quantitative estimate of drug-likeness (QED) is 0.555. The molecule has 2 aromatic carbocycles. The third-order valence-corrected chi connectivity index (χ3v) is 4.20. The molecule has 7 heteroatoms. The van der Waals surface area contributed by atoms with Crippen LogP contribution in [0.5, 0.6) is 5.75 Å². The molecule has 28 heavy (non-hydrogen) atoms. The van der Waals surface area contributed by atoms with Crippen molar-refractivity contribution in [3.63, 3.8) is 0 Å². The van der Waals surface area contributed by atoms with Gasteiger partial charge in [0.15, 0.2) is 0 Å². The van der Waals surface area contributed by atoms with Gasteiger partial charge in [-0.3, -0.25) is 9.59 Å². The summed E-state index contributed by atoms with van der Waals surface area (Å²) in [6, 6.07) is 12.5. The molecular formula is C21H24ClFN2O3. The minimum atomic E-state index is -0.292. The zero-order valence-electron chi connectivity index (χ0n) is 15.5. The first-order valence-electron chi connectivity index (χ1n) is 9.23. The minimum absolute atomic E-state index is 0.0415. The van der Waals surface area contributed by atoms with E-state index in [9.17, 15) is 14.0 Å². The minimum Gasteiger partial charge on any atom is -0.494 e. The van der Waals surface area contributed by atoms with E-state index in [2.05, 4.69) is 10.6 Å². The maximum atomic E-state index is 12.8. The van der Waals surface area contributed by atoms with Gasteiger partial charge in [-0.1, -0.05) is 11.6 Å². The largest absolute Gasteiger partial charge is 0.494 e. The molecule has 2 rings (SSSR count). The first-order valence-corrected chi connectivity index (χ1v) is 9.61. The third-order valence-electron chi connectivity index (χ3n) is 3.95. The van der Waals surface area contributed by atoms with Gasteiger partial charge in [0, 0.05) is 30.1 Å². The molecule has 2 aromatic rings. The maximum Gasteiger partial charge on any atom is 0.251 e. The second-order valence-corrected chi connectivity index (χ2v) is 6.66. The monoisotopic (exact) mass is 406 g/mol. The van der Waals surface area contributed by atoms with E-state index in [0.717, 1.165) is 12.8 Å². The predicted molar refractivity (Wildman–Crippen MR) is 107 cm³/mol. The van der Waals surface area contributed by atoms with Crippen molar-refractivity contribution in [1.29, 1.82) is 0 Å². The fourth-order valence-electron chi connectivity index (χ4n) is 2.42. The fraction of sp³-hybridized carbons (Fsp3) is 0.333. The Bertz CT molecular complexity index is 751. The van der Waals surface area contributed by atoms with Gasteiger partial charge in [-0.25, -0.2) is 4.39 Å². The molecule has 2 N–H and O–H groups in total. The highest BCUT2D eigenvalue weighted by Crippen LogP contribution is 2.11. The van der Waals surface area contributed by atoms with Crippen molar-refractivity contribution >= 4 is 23.4 Å². The third kappa shape index (κ3) is 8.39. The molecule has 150 valence electrons. The number of nitrogens with one attached hydrogen (secondary N) is 2. The molecular weight excluding hydrogens is 383 g/mol. The van der Waals surface area contributed by atoms with Crippen molar-refractivity contribution in [2.45, 2.75) is 25.7 Å². The highest BCUT2D eigenvalue weighted by molar-refractivity contribution is 6.30. The number of ether oxygens (including phenoxy) is 1. The van der Waals surface area contributed by atoms with Crippen LogP contribution in [0.1, 0.15) is 36.0 Å². The summed E-state index contributed by atoms with van der Waals surface area (Å²) >= 11 is 5.79. The Morgan fingerprint density at radius 3 is 2.29 bits per heavy atom. The molecule has 0 spiro atoms. The van der Waals surface area contributed by atoms with E-state index in [1.54, 1.807) is 36.4 Å². The Kier molecular flexibility index (Phi) is 9.28. The summed E-state index contributed by atoms with van der Waals surface area (Å²) in [6.45, 7) is 1.52. The summed E-state index contributed by atoms with van der Waals surface area (Å²) in [5.74, 6) is 0.115. The molecule has 0 saturated heterocycles. The van der Waals surface area contributed by atoms with Crippen molar-refractivity contribution in [1.82, 2.24) is 10.6 Å².